The maximum absolute atomic E-state index is 12.8. The fraction of sp³-hybridized carbons (Fsp3) is 0.562. The molecule has 1 N–H and O–H groups in total. The van der Waals surface area contributed by atoms with E-state index in [0.29, 0.717) is 19.3 Å². The summed E-state index contributed by atoms with van der Waals surface area (Å²) in [7, 11) is -7.29. The first kappa shape index (κ1) is 19.9. The van der Waals surface area contributed by atoms with E-state index in [9.17, 15) is 26.7 Å². The average molecular weight is 389 g/mol. The first-order chi connectivity index (χ1) is 11.6. The second kappa shape index (κ2) is 7.43. The van der Waals surface area contributed by atoms with E-state index in [4.69, 9.17) is 0 Å². The molecule has 2 atom stereocenters. The predicted molar refractivity (Wildman–Crippen MR) is 92.5 cm³/mol. The van der Waals surface area contributed by atoms with Gasteiger partial charge in [0.25, 0.3) is 0 Å². The quantitative estimate of drug-likeness (QED) is 0.794. The number of aliphatic carboxylic acids is 1. The van der Waals surface area contributed by atoms with Crippen LogP contribution in [-0.2, 0) is 24.7 Å². The number of rotatable bonds is 6. The summed E-state index contributed by atoms with van der Waals surface area (Å²) in [5, 5.41) is 9.25. The number of nitrogens with zero attached hydrogens (tertiary/aromatic N) is 1. The number of sulfonamides is 1. The largest absolute Gasteiger partial charge is 0.481 e. The van der Waals surface area contributed by atoms with Crippen molar-refractivity contribution in [2.24, 2.45) is 5.92 Å². The van der Waals surface area contributed by atoms with Gasteiger partial charge in [0.2, 0.25) is 10.0 Å². The zero-order chi connectivity index (χ0) is 18.8. The van der Waals surface area contributed by atoms with Crippen LogP contribution in [0.2, 0.25) is 0 Å². The fourth-order valence-corrected chi connectivity index (χ4v) is 6.15. The summed E-state index contributed by atoms with van der Waals surface area (Å²) in [6.45, 7) is 3.60. The average Bonchev–Trinajstić information content (AvgIpc) is 2.54. The normalized spacial score (nSPS) is 22.6. The second-order valence-corrected chi connectivity index (χ2v) is 10.2. The van der Waals surface area contributed by atoms with Crippen LogP contribution in [0.5, 0.6) is 0 Å². The highest BCUT2D eigenvalue weighted by Gasteiger charge is 2.39. The van der Waals surface area contributed by atoms with E-state index >= 15 is 0 Å². The Morgan fingerprint density at radius 1 is 1.16 bits per heavy atom. The van der Waals surface area contributed by atoms with Gasteiger partial charge in [-0.25, -0.2) is 16.8 Å². The molecule has 0 bridgehead atoms. The summed E-state index contributed by atoms with van der Waals surface area (Å²) in [6.07, 6.45) is 1.39. The van der Waals surface area contributed by atoms with Gasteiger partial charge in [-0.05, 0) is 50.5 Å². The van der Waals surface area contributed by atoms with Gasteiger partial charge in [0, 0.05) is 12.6 Å². The molecular formula is C16H23NO6S2. The van der Waals surface area contributed by atoms with Crippen LogP contribution in [0.3, 0.4) is 0 Å². The van der Waals surface area contributed by atoms with E-state index in [0.717, 1.165) is 0 Å². The van der Waals surface area contributed by atoms with Crippen LogP contribution in [0, 0.1) is 5.92 Å². The number of carboxylic acid groups (broad SMARTS) is 1. The number of hydrogen-bond donors (Lipinski definition) is 1. The summed E-state index contributed by atoms with van der Waals surface area (Å²) < 4.78 is 51.0. The van der Waals surface area contributed by atoms with Crippen LogP contribution in [-0.4, -0.2) is 50.6 Å². The predicted octanol–water partition coefficient (Wildman–Crippen LogP) is 1.74. The van der Waals surface area contributed by atoms with Crippen molar-refractivity contribution < 1.29 is 26.7 Å². The van der Waals surface area contributed by atoms with Crippen molar-refractivity contribution in [1.29, 1.82) is 0 Å². The molecule has 0 spiro atoms. The Morgan fingerprint density at radius 2 is 1.72 bits per heavy atom. The molecule has 1 heterocycles. The summed E-state index contributed by atoms with van der Waals surface area (Å²) in [6, 6.07) is 4.48. The molecule has 0 aliphatic carbocycles. The molecule has 1 aromatic carbocycles. The molecule has 0 radical (unpaired) electrons. The van der Waals surface area contributed by atoms with Crippen molar-refractivity contribution in [2.75, 3.05) is 12.3 Å². The molecule has 1 aromatic rings. The van der Waals surface area contributed by atoms with Gasteiger partial charge in [0.1, 0.15) is 0 Å². The Bertz CT molecular complexity index is 830. The van der Waals surface area contributed by atoms with E-state index in [2.05, 4.69) is 0 Å². The molecule has 140 valence electrons. The Hall–Kier alpha value is -1.45. The SMILES string of the molecule is CCCS(=O)(=O)c1ccc(S(=O)(=O)N2CCC[C@H](C(=O)O)[C@@H]2C)cc1. The van der Waals surface area contributed by atoms with E-state index in [1.807, 2.05) is 0 Å². The minimum absolute atomic E-state index is 0.00253. The van der Waals surface area contributed by atoms with E-state index in [1.165, 1.54) is 28.6 Å². The van der Waals surface area contributed by atoms with Gasteiger partial charge in [-0.1, -0.05) is 6.92 Å². The lowest BCUT2D eigenvalue weighted by Gasteiger charge is -2.36. The summed E-state index contributed by atoms with van der Waals surface area (Å²) in [5.74, 6) is -1.75. The van der Waals surface area contributed by atoms with Crippen molar-refractivity contribution in [2.45, 2.75) is 48.9 Å². The molecule has 0 unspecified atom stereocenters. The van der Waals surface area contributed by atoms with Crippen LogP contribution in [0.1, 0.15) is 33.1 Å². The van der Waals surface area contributed by atoms with Crippen molar-refractivity contribution in [3.8, 4) is 0 Å². The molecule has 0 saturated carbocycles. The minimum atomic E-state index is -3.88. The zero-order valence-electron chi connectivity index (χ0n) is 14.3. The van der Waals surface area contributed by atoms with Gasteiger partial charge in [-0.3, -0.25) is 4.79 Å². The van der Waals surface area contributed by atoms with Gasteiger partial charge >= 0.3 is 5.97 Å². The van der Waals surface area contributed by atoms with Crippen molar-refractivity contribution in [3.05, 3.63) is 24.3 Å². The third kappa shape index (κ3) is 4.04. The molecular weight excluding hydrogens is 366 g/mol. The lowest BCUT2D eigenvalue weighted by atomic mass is 9.92. The topological polar surface area (TPSA) is 109 Å². The molecule has 1 fully saturated rings. The lowest BCUT2D eigenvalue weighted by Crippen LogP contribution is -2.48. The maximum atomic E-state index is 12.8. The summed E-state index contributed by atoms with van der Waals surface area (Å²) in [5.41, 5.74) is 0. The zero-order valence-corrected chi connectivity index (χ0v) is 15.9. The number of carboxylic acids is 1. The lowest BCUT2D eigenvalue weighted by molar-refractivity contribution is -0.144. The van der Waals surface area contributed by atoms with Crippen molar-refractivity contribution in [3.63, 3.8) is 0 Å². The molecule has 1 saturated heterocycles. The van der Waals surface area contributed by atoms with Gasteiger partial charge in [0.15, 0.2) is 9.84 Å². The third-order valence-corrected chi connectivity index (χ3v) is 8.45. The maximum Gasteiger partial charge on any atom is 0.308 e. The summed E-state index contributed by atoms with van der Waals surface area (Å²) in [4.78, 5) is 11.4. The molecule has 25 heavy (non-hydrogen) atoms. The molecule has 9 heteroatoms. The number of sulfone groups is 1. The van der Waals surface area contributed by atoms with E-state index in [-0.39, 0.29) is 22.1 Å². The highest BCUT2D eigenvalue weighted by Crippen LogP contribution is 2.29. The van der Waals surface area contributed by atoms with Crippen molar-refractivity contribution >= 4 is 25.8 Å². The van der Waals surface area contributed by atoms with Gasteiger partial charge in [0.05, 0.1) is 21.5 Å². The van der Waals surface area contributed by atoms with Gasteiger partial charge < -0.3 is 5.11 Å². The minimum Gasteiger partial charge on any atom is -0.481 e. The third-order valence-electron chi connectivity index (χ3n) is 4.51. The number of hydrogen-bond acceptors (Lipinski definition) is 5. The highest BCUT2D eigenvalue weighted by molar-refractivity contribution is 7.91. The monoisotopic (exact) mass is 389 g/mol. The molecule has 0 amide bonds. The number of benzene rings is 1. The van der Waals surface area contributed by atoms with Crippen LogP contribution in [0.15, 0.2) is 34.1 Å². The number of piperidine rings is 1. The van der Waals surface area contributed by atoms with E-state index < -0.39 is 37.8 Å². The van der Waals surface area contributed by atoms with Crippen LogP contribution in [0.25, 0.3) is 0 Å². The number of carbonyl (C=O) groups is 1. The molecule has 7 nitrogen and oxygen atoms in total. The first-order valence-electron chi connectivity index (χ1n) is 8.18. The van der Waals surface area contributed by atoms with Gasteiger partial charge in [-0.15, -0.1) is 0 Å². The molecule has 1 aliphatic rings. The van der Waals surface area contributed by atoms with Crippen LogP contribution < -0.4 is 0 Å². The first-order valence-corrected chi connectivity index (χ1v) is 11.3. The second-order valence-electron chi connectivity index (χ2n) is 6.23. The standard InChI is InChI=1S/C16H23NO6S2/c1-3-11-24(20,21)13-6-8-14(9-7-13)25(22,23)17-10-4-5-15(12(17)2)16(18)19/h6-9,12,15H,3-5,10-11H2,1-2H3,(H,18,19)/t12-,15-/m0/s1. The molecule has 2 rings (SSSR count). The van der Waals surface area contributed by atoms with Crippen LogP contribution >= 0.6 is 0 Å². The highest BCUT2D eigenvalue weighted by atomic mass is 32.2. The molecule has 1 aliphatic heterocycles. The Kier molecular flexibility index (Phi) is 5.90. The smallest absolute Gasteiger partial charge is 0.308 e. The Labute approximate surface area is 148 Å². The molecule has 0 aromatic heterocycles. The Balaban J connectivity index is 2.32. The summed E-state index contributed by atoms with van der Waals surface area (Å²) >= 11 is 0. The fourth-order valence-electron chi connectivity index (χ4n) is 3.12. The van der Waals surface area contributed by atoms with Crippen molar-refractivity contribution in [1.82, 2.24) is 4.31 Å². The van der Waals surface area contributed by atoms with E-state index in [1.54, 1.807) is 13.8 Å². The Morgan fingerprint density at radius 3 is 2.24 bits per heavy atom. The van der Waals surface area contributed by atoms with Gasteiger partial charge in [-0.2, -0.15) is 4.31 Å². The van der Waals surface area contributed by atoms with Crippen LogP contribution in [0.4, 0.5) is 0 Å².